The van der Waals surface area contributed by atoms with Crippen LogP contribution in [0.2, 0.25) is 0 Å². The smallest absolute Gasteiger partial charge is 0.417 e. The number of nitrogens with two attached hydrogens (primary N) is 1. The minimum Gasteiger partial charge on any atom is -0.481 e. The Labute approximate surface area is 473 Å². The van der Waals surface area contributed by atoms with Gasteiger partial charge in [-0.1, -0.05) is 97.8 Å². The first-order valence-electron chi connectivity index (χ1n) is 22.1. The van der Waals surface area contributed by atoms with Crippen molar-refractivity contribution in [2.24, 2.45) is 0 Å². The maximum Gasteiger partial charge on any atom is 0.417 e. The first-order valence-corrected chi connectivity index (χ1v) is 26.4. The lowest BCUT2D eigenvalue weighted by atomic mass is 10.1. The molecule has 1 heterocycles. The quantitative estimate of drug-likeness (QED) is 0.0613. The lowest BCUT2D eigenvalue weighted by molar-refractivity contribution is -0.143. The van der Waals surface area contributed by atoms with Gasteiger partial charge in [0.25, 0.3) is 0 Å². The number of aryl methyl sites for hydroxylation is 3. The van der Waals surface area contributed by atoms with E-state index >= 15 is 0 Å². The fraction of sp³-hybridized carbons (Fsp3) is 0.429. The third-order valence-corrected chi connectivity index (χ3v) is 12.4. The molecule has 27 heteroatoms. The number of anilines is 1. The van der Waals surface area contributed by atoms with E-state index in [1.807, 2.05) is 0 Å². The Balaban J connectivity index is 0.000000924. The minimum atomic E-state index is -4.43. The number of carbonyl (C=O) groups is 4. The van der Waals surface area contributed by atoms with Crippen LogP contribution < -0.4 is 5.73 Å². The summed E-state index contributed by atoms with van der Waals surface area (Å²) in [5.74, 6) is -1.75. The third-order valence-electron chi connectivity index (χ3n) is 9.22. The van der Waals surface area contributed by atoms with Crippen LogP contribution in [-0.4, -0.2) is 79.7 Å². The number of rotatable bonds is 12. The lowest BCUT2D eigenvalue weighted by Crippen LogP contribution is -2.21. The van der Waals surface area contributed by atoms with Crippen molar-refractivity contribution in [3.05, 3.63) is 130 Å². The third kappa shape index (κ3) is 30.9. The number of nitrogen functional groups attached to an aromatic ring is 1. The van der Waals surface area contributed by atoms with Crippen molar-refractivity contribution in [3.63, 3.8) is 0 Å². The van der Waals surface area contributed by atoms with Gasteiger partial charge in [-0.15, -0.1) is 0 Å². The van der Waals surface area contributed by atoms with Crippen LogP contribution in [0.1, 0.15) is 84.9 Å². The van der Waals surface area contributed by atoms with E-state index in [0.717, 1.165) is 37.5 Å². The van der Waals surface area contributed by atoms with Gasteiger partial charge in [-0.2, -0.15) is 52.7 Å². The van der Waals surface area contributed by atoms with E-state index in [-0.39, 0.29) is 74.2 Å². The van der Waals surface area contributed by atoms with Crippen molar-refractivity contribution < 1.29 is 91.2 Å². The molecule has 0 atom stereocenters. The molecule has 1 fully saturated rings. The molecule has 0 aromatic heterocycles. The number of halogens is 17. The van der Waals surface area contributed by atoms with Gasteiger partial charge < -0.3 is 30.0 Å². The topological polar surface area (TPSA) is 145 Å². The van der Waals surface area contributed by atoms with E-state index in [1.54, 1.807) is 40.1 Å². The van der Waals surface area contributed by atoms with E-state index in [1.165, 1.54) is 54.1 Å². The van der Waals surface area contributed by atoms with Crippen LogP contribution >= 0.6 is 79.6 Å². The van der Waals surface area contributed by atoms with Crippen molar-refractivity contribution in [1.82, 2.24) is 4.90 Å². The van der Waals surface area contributed by atoms with Gasteiger partial charge in [-0.3, -0.25) is 19.2 Å². The van der Waals surface area contributed by atoms with Gasteiger partial charge in [0.15, 0.2) is 0 Å². The second kappa shape index (κ2) is 35.6. The Morgan fingerprint density at radius 3 is 1.16 bits per heavy atom. The molecule has 3 N–H and O–H groups in total. The van der Waals surface area contributed by atoms with E-state index in [9.17, 15) is 71.9 Å². The summed E-state index contributed by atoms with van der Waals surface area (Å²) in [6, 6.07) is 15.2. The van der Waals surface area contributed by atoms with Crippen molar-refractivity contribution in [2.45, 2.75) is 89.9 Å². The summed E-state index contributed by atoms with van der Waals surface area (Å²) in [7, 11) is 3.23. The van der Waals surface area contributed by atoms with Gasteiger partial charge in [-0.25, -0.2) is 0 Å². The zero-order valence-corrected chi connectivity index (χ0v) is 48.8. The Hall–Kier alpha value is -3.92. The highest BCUT2D eigenvalue weighted by Gasteiger charge is 2.35. The van der Waals surface area contributed by atoms with Crippen molar-refractivity contribution in [3.8, 4) is 0 Å². The molecule has 1 aliphatic heterocycles. The van der Waals surface area contributed by atoms with Crippen molar-refractivity contribution in [1.29, 1.82) is 0 Å². The number of carbonyl (C=O) groups excluding carboxylic acids is 3. The summed E-state index contributed by atoms with van der Waals surface area (Å²) < 4.78 is 164. The van der Waals surface area contributed by atoms with E-state index in [2.05, 4.69) is 84.4 Å². The van der Waals surface area contributed by atoms with Crippen LogP contribution in [0.4, 0.5) is 58.4 Å². The molecule has 76 heavy (non-hydrogen) atoms. The van der Waals surface area contributed by atoms with Gasteiger partial charge in [0, 0.05) is 70.1 Å². The number of hydrogen-bond donors (Lipinski definition) is 2. The SMILES string of the molecule is C1CCOC1.CCOC(=O)CBr.CCOC(=O)CCc1ccc(Br)c(C(F)(F)F)c1.CN(C)C(=O)CCc1ccc(Br)c(C(F)(F)F)c1.Nc1ccc(Br)c(C(F)(F)F)c1.O=C(O)CCc1ccc(Br)c(C(F)(F)F)c1. The number of benzene rings is 4. The van der Waals surface area contributed by atoms with Crippen LogP contribution in [0, 0.1) is 0 Å². The number of hydrogen-bond acceptors (Lipinski definition) is 8. The summed E-state index contributed by atoms with van der Waals surface area (Å²) in [6.07, 6.45) is -14.3. The minimum absolute atomic E-state index is 0.00389. The molecular weight excluding hydrogens is 1370 g/mol. The van der Waals surface area contributed by atoms with Gasteiger partial charge in [0.1, 0.15) is 5.33 Å². The Bertz CT molecular complexity index is 2430. The fourth-order valence-corrected chi connectivity index (χ4v) is 7.56. The second-order valence-electron chi connectivity index (χ2n) is 15.4. The number of ether oxygens (including phenoxy) is 3. The maximum atomic E-state index is 12.7. The largest absolute Gasteiger partial charge is 0.481 e. The Kier molecular flexibility index (Phi) is 33.7. The van der Waals surface area contributed by atoms with Crippen LogP contribution in [-0.2, 0) is 77.4 Å². The Morgan fingerprint density at radius 1 is 0.553 bits per heavy atom. The molecule has 1 aliphatic rings. The molecule has 0 radical (unpaired) electrons. The average Bonchev–Trinajstić information content (AvgIpc) is 3.92. The summed E-state index contributed by atoms with van der Waals surface area (Å²) in [5.41, 5.74) is 3.65. The standard InChI is InChI=1S/C12H13BrF3NO.C12H12BrF3O2.C10H8BrF3O2.C7H5BrF3N.C4H7BrO2.C4H8O/c1-17(2)11(18)6-4-8-3-5-10(13)9(7-8)12(14,15)16;1-2-18-11(17)6-4-8-3-5-10(13)9(7-8)12(14,15)16;11-8-3-1-6(2-4-9(15)16)5-7(8)10(12,13)14;8-6-2-1-4(12)3-5(6)7(9,10)11;1-2-7-4(6)3-5;1-2-4-5-3-1/h3,5,7H,4,6H2,1-2H3;3,5,7H,2,4,6H2,1H3;1,3,5H,2,4H2,(H,15,16);1-3H,12H2;2-3H2,1H3;1-4H2. The summed E-state index contributed by atoms with van der Waals surface area (Å²) in [5, 5.41) is 8.72. The van der Waals surface area contributed by atoms with Crippen LogP contribution in [0.15, 0.2) is 90.7 Å². The van der Waals surface area contributed by atoms with E-state index < -0.39 is 58.9 Å². The van der Waals surface area contributed by atoms with Crippen molar-refractivity contribution >= 4 is 109 Å². The highest BCUT2D eigenvalue weighted by Crippen LogP contribution is 2.38. The second-order valence-corrected chi connectivity index (χ2v) is 19.4. The number of carboxylic acid groups (broad SMARTS) is 1. The molecule has 0 unspecified atom stereocenters. The van der Waals surface area contributed by atoms with Gasteiger partial charge in [-0.05, 0) is 117 Å². The molecule has 4 aromatic carbocycles. The number of alkyl halides is 13. The first-order chi connectivity index (χ1) is 35.1. The van der Waals surface area contributed by atoms with Gasteiger partial charge in [0.05, 0.1) is 35.5 Å². The average molecular weight is 1430 g/mol. The molecule has 1 saturated heterocycles. The van der Waals surface area contributed by atoms with Crippen LogP contribution in [0.5, 0.6) is 0 Å². The number of nitrogens with zero attached hydrogens (tertiary/aromatic N) is 1. The monoisotopic (exact) mass is 1420 g/mol. The normalized spacial score (nSPS) is 12.0. The maximum absolute atomic E-state index is 12.7. The molecule has 0 bridgehead atoms. The predicted octanol–water partition coefficient (Wildman–Crippen LogP) is 15.7. The molecule has 0 aliphatic carbocycles. The number of aliphatic carboxylic acids is 1. The zero-order valence-electron chi connectivity index (χ0n) is 40.9. The van der Waals surface area contributed by atoms with E-state index in [4.69, 9.17) is 20.3 Å². The number of esters is 2. The molecule has 0 spiro atoms. The summed E-state index contributed by atoms with van der Waals surface area (Å²) in [4.78, 5) is 44.3. The van der Waals surface area contributed by atoms with Crippen LogP contribution in [0.3, 0.4) is 0 Å². The van der Waals surface area contributed by atoms with Gasteiger partial charge >= 0.3 is 42.6 Å². The molecule has 10 nitrogen and oxygen atoms in total. The van der Waals surface area contributed by atoms with E-state index in [0.29, 0.717) is 35.0 Å². The Morgan fingerprint density at radius 2 is 0.882 bits per heavy atom. The summed E-state index contributed by atoms with van der Waals surface area (Å²) >= 11 is 14.3. The zero-order chi connectivity index (χ0) is 58.6. The van der Waals surface area contributed by atoms with Crippen LogP contribution in [0.25, 0.3) is 0 Å². The summed E-state index contributed by atoms with van der Waals surface area (Å²) in [6.45, 7) is 6.19. The highest BCUT2D eigenvalue weighted by molar-refractivity contribution is 9.11. The fourth-order valence-electron chi connectivity index (χ4n) is 5.51. The molecular formula is C49H53Br5F12N2O8. The highest BCUT2D eigenvalue weighted by atomic mass is 79.9. The molecule has 5 rings (SSSR count). The first kappa shape index (κ1) is 72.1. The van der Waals surface area contributed by atoms with Crippen molar-refractivity contribution in [2.75, 3.05) is 51.6 Å². The molecule has 0 saturated carbocycles. The predicted molar refractivity (Wildman–Crippen MR) is 279 cm³/mol. The number of amides is 1. The van der Waals surface area contributed by atoms with Gasteiger partial charge in [0.2, 0.25) is 5.91 Å². The molecule has 426 valence electrons. The molecule has 1 amide bonds. The lowest BCUT2D eigenvalue weighted by Gasteiger charge is -2.12. The number of carboxylic acids is 1. The molecule has 4 aromatic rings.